The summed E-state index contributed by atoms with van der Waals surface area (Å²) in [6.45, 7) is 5.15. The highest BCUT2D eigenvalue weighted by Crippen LogP contribution is 2.31. The number of aromatic amines is 1. The number of hydrogen-bond acceptors (Lipinski definition) is 3. The first-order valence-corrected chi connectivity index (χ1v) is 10.2. The molecule has 3 aromatic rings. The lowest BCUT2D eigenvalue weighted by Crippen LogP contribution is -2.39. The van der Waals surface area contributed by atoms with Gasteiger partial charge in [0.2, 0.25) is 5.91 Å². The van der Waals surface area contributed by atoms with E-state index in [1.807, 2.05) is 32.1 Å². The Balaban J connectivity index is 1.87. The maximum atomic E-state index is 12.5. The summed E-state index contributed by atoms with van der Waals surface area (Å²) in [6.07, 6.45) is 2.07. The van der Waals surface area contributed by atoms with E-state index in [-0.39, 0.29) is 11.8 Å². The first-order chi connectivity index (χ1) is 13.9. The number of anilines is 1. The number of carbonyl (C=O) groups is 1. The van der Waals surface area contributed by atoms with Crippen LogP contribution in [0.25, 0.3) is 10.9 Å². The van der Waals surface area contributed by atoms with Crippen LogP contribution in [0, 0.1) is 0 Å². The van der Waals surface area contributed by atoms with Gasteiger partial charge in [-0.2, -0.15) is 0 Å². The molecule has 1 atom stereocenters. The van der Waals surface area contributed by atoms with Gasteiger partial charge in [-0.3, -0.25) is 9.69 Å². The number of fused-ring (bicyclic) bond motifs is 1. The first kappa shape index (κ1) is 20.9. The fourth-order valence-corrected chi connectivity index (χ4v) is 3.48. The van der Waals surface area contributed by atoms with Crippen molar-refractivity contribution in [2.24, 2.45) is 0 Å². The molecule has 0 saturated carbocycles. The lowest BCUT2D eigenvalue weighted by atomic mass is 9.90. The molecule has 0 radical (unpaired) electrons. The molecule has 154 valence electrons. The van der Waals surface area contributed by atoms with Crippen molar-refractivity contribution in [1.82, 2.24) is 15.2 Å². The summed E-state index contributed by atoms with van der Waals surface area (Å²) < 4.78 is 0. The second-order valence-electron chi connectivity index (χ2n) is 8.14. The maximum Gasteiger partial charge on any atom is 0.234 e. The second kappa shape index (κ2) is 9.14. The van der Waals surface area contributed by atoms with E-state index in [1.165, 1.54) is 16.5 Å². The van der Waals surface area contributed by atoms with Crippen molar-refractivity contribution in [3.63, 3.8) is 0 Å². The maximum absolute atomic E-state index is 12.5. The number of nitrogens with zero attached hydrogens (tertiary/aromatic N) is 2. The molecule has 5 nitrogen and oxygen atoms in total. The van der Waals surface area contributed by atoms with Gasteiger partial charge >= 0.3 is 0 Å². The van der Waals surface area contributed by atoms with Crippen molar-refractivity contribution in [3.05, 3.63) is 65.9 Å². The van der Waals surface area contributed by atoms with Crippen molar-refractivity contribution in [2.75, 3.05) is 39.1 Å². The Labute approximate surface area is 173 Å². The minimum Gasteiger partial charge on any atom is -0.378 e. The van der Waals surface area contributed by atoms with Crippen LogP contribution in [-0.2, 0) is 4.79 Å². The molecule has 0 aliphatic carbocycles. The van der Waals surface area contributed by atoms with Crippen LogP contribution in [0.3, 0.4) is 0 Å². The van der Waals surface area contributed by atoms with Gasteiger partial charge in [-0.05, 0) is 50.2 Å². The van der Waals surface area contributed by atoms with Gasteiger partial charge in [-0.25, -0.2) is 0 Å². The van der Waals surface area contributed by atoms with Crippen LogP contribution in [0.5, 0.6) is 0 Å². The van der Waals surface area contributed by atoms with Gasteiger partial charge in [0.1, 0.15) is 0 Å². The number of aromatic nitrogens is 1. The summed E-state index contributed by atoms with van der Waals surface area (Å²) in [5.74, 6) is 0.131. The Morgan fingerprint density at radius 2 is 1.72 bits per heavy atom. The number of hydrogen-bond donors (Lipinski definition) is 2. The zero-order valence-electron chi connectivity index (χ0n) is 18.1. The molecule has 0 fully saturated rings. The Morgan fingerprint density at radius 1 is 1.03 bits per heavy atom. The quantitative estimate of drug-likeness (QED) is 0.613. The summed E-state index contributed by atoms with van der Waals surface area (Å²) in [5, 5.41) is 4.35. The molecule has 1 aromatic heterocycles. The molecule has 0 spiro atoms. The third-order valence-corrected chi connectivity index (χ3v) is 5.59. The summed E-state index contributed by atoms with van der Waals surface area (Å²) in [6, 6.07) is 17.2. The van der Waals surface area contributed by atoms with Gasteiger partial charge in [-0.1, -0.05) is 30.3 Å². The van der Waals surface area contributed by atoms with E-state index < -0.39 is 0 Å². The van der Waals surface area contributed by atoms with Gasteiger partial charge in [-0.15, -0.1) is 0 Å². The average Bonchev–Trinajstić information content (AvgIpc) is 3.12. The third-order valence-electron chi connectivity index (χ3n) is 5.59. The normalized spacial score (nSPS) is 12.5. The number of rotatable bonds is 8. The number of likely N-dealkylation sites (N-methyl/N-ethyl adjacent to an activating group) is 1. The lowest BCUT2D eigenvalue weighted by molar-refractivity contribution is -0.122. The summed E-state index contributed by atoms with van der Waals surface area (Å²) in [5.41, 5.74) is 4.67. The highest BCUT2D eigenvalue weighted by molar-refractivity contribution is 5.84. The Morgan fingerprint density at radius 3 is 2.38 bits per heavy atom. The molecule has 5 heteroatoms. The molecule has 1 heterocycles. The highest BCUT2D eigenvalue weighted by Gasteiger charge is 2.20. The largest absolute Gasteiger partial charge is 0.378 e. The fraction of sp³-hybridized carbons (Fsp3) is 0.375. The minimum absolute atomic E-state index is 0.0518. The van der Waals surface area contributed by atoms with Gasteiger partial charge < -0.3 is 15.2 Å². The monoisotopic (exact) mass is 392 g/mol. The zero-order chi connectivity index (χ0) is 21.0. The number of carbonyl (C=O) groups excluding carboxylic acids is 1. The zero-order valence-corrected chi connectivity index (χ0v) is 18.1. The van der Waals surface area contributed by atoms with Crippen LogP contribution in [0.2, 0.25) is 0 Å². The average molecular weight is 393 g/mol. The first-order valence-electron chi connectivity index (χ1n) is 10.2. The molecular weight excluding hydrogens is 360 g/mol. The molecule has 0 bridgehead atoms. The van der Waals surface area contributed by atoms with Crippen LogP contribution in [-0.4, -0.2) is 56.1 Å². The van der Waals surface area contributed by atoms with Gasteiger partial charge in [0.05, 0.1) is 6.54 Å². The van der Waals surface area contributed by atoms with Crippen molar-refractivity contribution in [1.29, 1.82) is 0 Å². The number of para-hydroxylation sites is 1. The Kier molecular flexibility index (Phi) is 6.60. The third kappa shape index (κ3) is 4.98. The van der Waals surface area contributed by atoms with E-state index in [9.17, 15) is 4.79 Å². The van der Waals surface area contributed by atoms with Crippen molar-refractivity contribution in [3.8, 4) is 0 Å². The summed E-state index contributed by atoms with van der Waals surface area (Å²) in [7, 11) is 6.05. The number of amides is 1. The standard InChI is InChI=1S/C24H32N4O/c1-17(2)28(5)16-24(29)26-14-21(18-10-12-19(13-11-18)27(3)4)22-15-25-23-9-7-6-8-20(22)23/h6-13,15,17,21,25H,14,16H2,1-5H3,(H,26,29). The topological polar surface area (TPSA) is 51.4 Å². The summed E-state index contributed by atoms with van der Waals surface area (Å²) in [4.78, 5) is 20.0. The van der Waals surface area contributed by atoms with E-state index in [4.69, 9.17) is 0 Å². The number of nitrogens with one attached hydrogen (secondary N) is 2. The highest BCUT2D eigenvalue weighted by atomic mass is 16.2. The van der Waals surface area contributed by atoms with Crippen LogP contribution < -0.4 is 10.2 Å². The molecule has 2 N–H and O–H groups in total. The molecular formula is C24H32N4O. The number of benzene rings is 2. The molecule has 1 unspecified atom stereocenters. The van der Waals surface area contributed by atoms with Gasteiger partial charge in [0.25, 0.3) is 0 Å². The molecule has 29 heavy (non-hydrogen) atoms. The molecule has 0 aliphatic rings. The SMILES string of the molecule is CC(C)N(C)CC(=O)NCC(c1ccc(N(C)C)cc1)c1c[nH]c2ccccc12. The van der Waals surface area contributed by atoms with E-state index in [2.05, 4.69) is 77.7 Å². The molecule has 1 amide bonds. The Bertz CT molecular complexity index is 943. The fourth-order valence-electron chi connectivity index (χ4n) is 3.48. The van der Waals surface area contributed by atoms with Gasteiger partial charge in [0.15, 0.2) is 0 Å². The van der Waals surface area contributed by atoms with Gasteiger partial charge in [0, 0.05) is 55.4 Å². The summed E-state index contributed by atoms with van der Waals surface area (Å²) >= 11 is 0. The van der Waals surface area contributed by atoms with E-state index in [0.717, 1.165) is 11.2 Å². The van der Waals surface area contributed by atoms with Crippen LogP contribution in [0.15, 0.2) is 54.7 Å². The minimum atomic E-state index is 0.0518. The van der Waals surface area contributed by atoms with E-state index in [0.29, 0.717) is 19.1 Å². The predicted octanol–water partition coefficient (Wildman–Crippen LogP) is 3.82. The van der Waals surface area contributed by atoms with Crippen LogP contribution in [0.1, 0.15) is 30.9 Å². The van der Waals surface area contributed by atoms with Crippen LogP contribution in [0.4, 0.5) is 5.69 Å². The van der Waals surface area contributed by atoms with Crippen LogP contribution >= 0.6 is 0 Å². The van der Waals surface area contributed by atoms with Crippen molar-refractivity contribution < 1.29 is 4.79 Å². The van der Waals surface area contributed by atoms with Crippen molar-refractivity contribution >= 4 is 22.5 Å². The molecule has 3 rings (SSSR count). The predicted molar refractivity (Wildman–Crippen MR) is 122 cm³/mol. The lowest BCUT2D eigenvalue weighted by Gasteiger charge is -2.23. The second-order valence-corrected chi connectivity index (χ2v) is 8.14. The molecule has 0 saturated heterocycles. The van der Waals surface area contributed by atoms with Crippen molar-refractivity contribution in [2.45, 2.75) is 25.8 Å². The smallest absolute Gasteiger partial charge is 0.234 e. The molecule has 2 aromatic carbocycles. The Hall–Kier alpha value is -2.79. The number of H-pyrrole nitrogens is 1. The van der Waals surface area contributed by atoms with E-state index >= 15 is 0 Å². The molecule has 0 aliphatic heterocycles. The van der Waals surface area contributed by atoms with E-state index in [1.54, 1.807) is 0 Å².